The number of hydrogen-bond donors (Lipinski definition) is 1. The Bertz CT molecular complexity index is 383. The van der Waals surface area contributed by atoms with Crippen LogP contribution in [0.1, 0.15) is 44.2 Å². The molecule has 0 aromatic heterocycles. The topological polar surface area (TPSA) is 15.3 Å². The van der Waals surface area contributed by atoms with Gasteiger partial charge in [-0.15, -0.1) is 0 Å². The molecule has 0 saturated carbocycles. The maximum atomic E-state index is 3.73. The van der Waals surface area contributed by atoms with Gasteiger partial charge in [-0.25, -0.2) is 0 Å². The molecule has 0 amide bonds. The summed E-state index contributed by atoms with van der Waals surface area (Å²) in [7, 11) is 2.22. The monoisotopic (exact) mass is 260 g/mol. The normalized spacial score (nSPS) is 24.9. The summed E-state index contributed by atoms with van der Waals surface area (Å²) in [5.74, 6) is 1.37. The number of hydrogen-bond acceptors (Lipinski definition) is 2. The molecule has 1 saturated heterocycles. The highest BCUT2D eigenvalue weighted by Crippen LogP contribution is 2.17. The van der Waals surface area contributed by atoms with Crippen LogP contribution in [0.5, 0.6) is 0 Å². The van der Waals surface area contributed by atoms with Gasteiger partial charge in [-0.3, -0.25) is 0 Å². The third-order valence-corrected chi connectivity index (χ3v) is 4.32. The van der Waals surface area contributed by atoms with Crippen LogP contribution in [0, 0.1) is 5.92 Å². The van der Waals surface area contributed by atoms with Crippen LogP contribution in [0.3, 0.4) is 0 Å². The van der Waals surface area contributed by atoms with E-state index in [4.69, 9.17) is 0 Å². The fraction of sp³-hybridized carbons (Fsp3) is 0.647. The Labute approximate surface area is 118 Å². The van der Waals surface area contributed by atoms with E-state index in [0.29, 0.717) is 12.0 Å². The van der Waals surface area contributed by atoms with Crippen LogP contribution in [0.15, 0.2) is 24.3 Å². The molecule has 1 aromatic carbocycles. The molecule has 1 heterocycles. The van der Waals surface area contributed by atoms with Crippen molar-refractivity contribution in [2.75, 3.05) is 20.1 Å². The van der Waals surface area contributed by atoms with E-state index in [1.807, 2.05) is 0 Å². The first-order valence-corrected chi connectivity index (χ1v) is 7.57. The van der Waals surface area contributed by atoms with Crippen molar-refractivity contribution >= 4 is 0 Å². The van der Waals surface area contributed by atoms with E-state index in [-0.39, 0.29) is 0 Å². The van der Waals surface area contributed by atoms with E-state index in [1.54, 1.807) is 0 Å². The second-order valence-electron chi connectivity index (χ2n) is 6.41. The number of rotatable bonds is 4. The van der Waals surface area contributed by atoms with Crippen LogP contribution in [0.2, 0.25) is 0 Å². The highest BCUT2D eigenvalue weighted by atomic mass is 15.1. The molecular formula is C17H28N2. The van der Waals surface area contributed by atoms with Gasteiger partial charge in [0.2, 0.25) is 0 Å². The Kier molecular flexibility index (Phi) is 5.00. The predicted octanol–water partition coefficient (Wildman–Crippen LogP) is 3.24. The molecule has 0 radical (unpaired) electrons. The summed E-state index contributed by atoms with van der Waals surface area (Å²) in [5.41, 5.74) is 2.83. The van der Waals surface area contributed by atoms with Crippen LogP contribution in [-0.2, 0) is 6.54 Å². The van der Waals surface area contributed by atoms with E-state index in [9.17, 15) is 0 Å². The van der Waals surface area contributed by atoms with Crippen LogP contribution in [0.25, 0.3) is 0 Å². The summed E-state index contributed by atoms with van der Waals surface area (Å²) >= 11 is 0. The van der Waals surface area contributed by atoms with E-state index in [1.165, 1.54) is 30.6 Å². The van der Waals surface area contributed by atoms with Crippen molar-refractivity contribution in [3.8, 4) is 0 Å². The van der Waals surface area contributed by atoms with Gasteiger partial charge in [0.05, 0.1) is 0 Å². The molecule has 19 heavy (non-hydrogen) atoms. The zero-order valence-electron chi connectivity index (χ0n) is 12.8. The molecule has 2 atom stereocenters. The first kappa shape index (κ1) is 14.5. The van der Waals surface area contributed by atoms with Gasteiger partial charge in [-0.05, 0) is 43.0 Å². The Hall–Kier alpha value is -0.860. The van der Waals surface area contributed by atoms with Gasteiger partial charge >= 0.3 is 0 Å². The molecular weight excluding hydrogens is 232 g/mol. The zero-order chi connectivity index (χ0) is 13.8. The van der Waals surface area contributed by atoms with Crippen molar-refractivity contribution in [3.05, 3.63) is 35.4 Å². The van der Waals surface area contributed by atoms with E-state index in [0.717, 1.165) is 12.5 Å². The molecule has 1 N–H and O–H groups in total. The minimum absolute atomic E-state index is 0.621. The van der Waals surface area contributed by atoms with Crippen molar-refractivity contribution in [2.45, 2.75) is 45.7 Å². The number of benzene rings is 1. The predicted molar refractivity (Wildman–Crippen MR) is 82.4 cm³/mol. The average molecular weight is 260 g/mol. The zero-order valence-corrected chi connectivity index (χ0v) is 12.8. The first-order valence-electron chi connectivity index (χ1n) is 7.57. The van der Waals surface area contributed by atoms with E-state index < -0.39 is 0 Å². The Morgan fingerprint density at radius 2 is 1.95 bits per heavy atom. The largest absolute Gasteiger partial charge is 0.310 e. The Balaban J connectivity index is 1.85. The Morgan fingerprint density at radius 3 is 2.53 bits per heavy atom. The highest BCUT2D eigenvalue weighted by molar-refractivity contribution is 5.24. The van der Waals surface area contributed by atoms with Crippen molar-refractivity contribution < 1.29 is 0 Å². The van der Waals surface area contributed by atoms with Crippen LogP contribution in [0.4, 0.5) is 0 Å². The first-order chi connectivity index (χ1) is 9.06. The molecule has 2 unspecified atom stereocenters. The van der Waals surface area contributed by atoms with Crippen molar-refractivity contribution in [2.24, 2.45) is 5.92 Å². The minimum Gasteiger partial charge on any atom is -0.310 e. The summed E-state index contributed by atoms with van der Waals surface area (Å²) in [6, 6.07) is 9.73. The Morgan fingerprint density at radius 1 is 1.26 bits per heavy atom. The van der Waals surface area contributed by atoms with Gasteiger partial charge in [0.25, 0.3) is 0 Å². The second-order valence-corrected chi connectivity index (χ2v) is 6.41. The highest BCUT2D eigenvalue weighted by Gasteiger charge is 2.23. The third kappa shape index (κ3) is 4.05. The molecule has 2 rings (SSSR count). The van der Waals surface area contributed by atoms with Gasteiger partial charge < -0.3 is 10.2 Å². The molecule has 1 fully saturated rings. The van der Waals surface area contributed by atoms with Crippen LogP contribution >= 0.6 is 0 Å². The van der Waals surface area contributed by atoms with Gasteiger partial charge in [0, 0.05) is 19.1 Å². The summed E-state index contributed by atoms with van der Waals surface area (Å²) in [5, 5.41) is 3.73. The van der Waals surface area contributed by atoms with Crippen molar-refractivity contribution in [1.82, 2.24) is 10.2 Å². The average Bonchev–Trinajstić information content (AvgIpc) is 2.38. The van der Waals surface area contributed by atoms with E-state index in [2.05, 4.69) is 62.3 Å². The molecule has 106 valence electrons. The lowest BCUT2D eigenvalue weighted by atomic mass is 9.94. The van der Waals surface area contributed by atoms with Gasteiger partial charge in [-0.2, -0.15) is 0 Å². The number of nitrogens with zero attached hydrogens (tertiary/aromatic N) is 1. The third-order valence-electron chi connectivity index (χ3n) is 4.32. The quantitative estimate of drug-likeness (QED) is 0.894. The summed E-state index contributed by atoms with van der Waals surface area (Å²) in [6.45, 7) is 10.3. The maximum Gasteiger partial charge on any atom is 0.0208 e. The molecule has 1 aromatic rings. The summed E-state index contributed by atoms with van der Waals surface area (Å²) < 4.78 is 0. The van der Waals surface area contributed by atoms with Gasteiger partial charge in [0.15, 0.2) is 0 Å². The minimum atomic E-state index is 0.621. The fourth-order valence-electron chi connectivity index (χ4n) is 2.93. The van der Waals surface area contributed by atoms with E-state index >= 15 is 0 Å². The molecule has 0 bridgehead atoms. The summed E-state index contributed by atoms with van der Waals surface area (Å²) in [4.78, 5) is 2.43. The maximum absolute atomic E-state index is 3.73. The lowest BCUT2D eigenvalue weighted by Gasteiger charge is -2.35. The van der Waals surface area contributed by atoms with Crippen LogP contribution < -0.4 is 5.32 Å². The van der Waals surface area contributed by atoms with Crippen LogP contribution in [-0.4, -0.2) is 31.1 Å². The SMILES string of the molecule is CC(C)c1ccc(CNC2CCN(C)CC2C)cc1. The fourth-order valence-corrected chi connectivity index (χ4v) is 2.93. The molecule has 2 heteroatoms. The second kappa shape index (κ2) is 6.53. The smallest absolute Gasteiger partial charge is 0.0208 e. The molecule has 0 spiro atoms. The summed E-state index contributed by atoms with van der Waals surface area (Å²) in [6.07, 6.45) is 1.27. The number of piperidine rings is 1. The lowest BCUT2D eigenvalue weighted by molar-refractivity contribution is 0.174. The lowest BCUT2D eigenvalue weighted by Crippen LogP contribution is -2.46. The standard InChI is InChI=1S/C17H28N2/c1-13(2)16-7-5-15(6-8-16)11-18-17-9-10-19(4)12-14(17)3/h5-8,13-14,17-18H,9-12H2,1-4H3. The van der Waals surface area contributed by atoms with Gasteiger partial charge in [-0.1, -0.05) is 45.0 Å². The molecule has 0 aliphatic carbocycles. The van der Waals surface area contributed by atoms with Crippen molar-refractivity contribution in [3.63, 3.8) is 0 Å². The molecule has 1 aliphatic rings. The van der Waals surface area contributed by atoms with Gasteiger partial charge in [0.1, 0.15) is 0 Å². The molecule has 1 aliphatic heterocycles. The number of nitrogens with one attached hydrogen (secondary N) is 1. The van der Waals surface area contributed by atoms with Crippen molar-refractivity contribution in [1.29, 1.82) is 0 Å². The number of likely N-dealkylation sites (tertiary alicyclic amines) is 1. The molecule has 2 nitrogen and oxygen atoms in total.